The van der Waals surface area contributed by atoms with Gasteiger partial charge in [0, 0.05) is 22.2 Å². The first-order valence-corrected chi connectivity index (χ1v) is 7.61. The lowest BCUT2D eigenvalue weighted by atomic mass is 10.2. The molecule has 3 aromatic rings. The van der Waals surface area contributed by atoms with Crippen LogP contribution in [0.1, 0.15) is 6.92 Å². The van der Waals surface area contributed by atoms with Crippen LogP contribution in [0, 0.1) is 0 Å². The molecule has 4 nitrogen and oxygen atoms in total. The zero-order chi connectivity index (χ0) is 15.7. The van der Waals surface area contributed by atoms with Crippen molar-refractivity contribution < 1.29 is 9.53 Å². The number of hydrogen-bond acceptors (Lipinski definition) is 5. The molecule has 0 aliphatic rings. The smallest absolute Gasteiger partial charge is 0.308 e. The van der Waals surface area contributed by atoms with Gasteiger partial charge in [-0.3, -0.25) is 9.59 Å². The quantitative estimate of drug-likeness (QED) is 0.528. The fourth-order valence-electron chi connectivity index (χ4n) is 1.99. The molecule has 0 saturated heterocycles. The van der Waals surface area contributed by atoms with Crippen molar-refractivity contribution >= 4 is 39.0 Å². The van der Waals surface area contributed by atoms with E-state index >= 15 is 0 Å². The van der Waals surface area contributed by atoms with Gasteiger partial charge in [-0.1, -0.05) is 11.6 Å². The molecule has 22 heavy (non-hydrogen) atoms. The molecule has 0 bridgehead atoms. The van der Waals surface area contributed by atoms with Gasteiger partial charge in [0.05, 0.1) is 5.39 Å². The highest BCUT2D eigenvalue weighted by Gasteiger charge is 2.08. The summed E-state index contributed by atoms with van der Waals surface area (Å²) in [4.78, 5) is 27.1. The molecule has 0 radical (unpaired) electrons. The molecule has 1 heterocycles. The number of halogens is 1. The fourth-order valence-corrected chi connectivity index (χ4v) is 3.15. The number of rotatable bonds is 2. The second kappa shape index (κ2) is 5.87. The molecule has 0 spiro atoms. The van der Waals surface area contributed by atoms with E-state index in [1.807, 2.05) is 6.07 Å². The van der Waals surface area contributed by atoms with E-state index in [0.717, 1.165) is 10.3 Å². The average Bonchev–Trinajstić information content (AvgIpc) is 2.48. The maximum atomic E-state index is 12.1. The van der Waals surface area contributed by atoms with E-state index in [1.165, 1.54) is 18.3 Å². The number of ether oxygens (including phenoxy) is 1. The summed E-state index contributed by atoms with van der Waals surface area (Å²) in [5.41, 5.74) is 0.477. The molecule has 2 aromatic carbocycles. The zero-order valence-electron chi connectivity index (χ0n) is 11.5. The highest BCUT2D eigenvalue weighted by Crippen LogP contribution is 2.28. The topological polar surface area (TPSA) is 56.3 Å². The second-order valence-electron chi connectivity index (χ2n) is 4.58. The van der Waals surface area contributed by atoms with Crippen molar-refractivity contribution in [1.29, 1.82) is 0 Å². The van der Waals surface area contributed by atoms with Crippen LogP contribution in [-0.2, 0) is 4.79 Å². The van der Waals surface area contributed by atoms with Gasteiger partial charge in [-0.05, 0) is 42.5 Å². The standard InChI is InChI=1S/C16H10ClNO3S/c1-9(19)21-12-5-2-10(3-6-12)16-18-15(20)13-8-11(17)4-7-14(13)22-16/h2-8H,1H3. The van der Waals surface area contributed by atoms with Crippen LogP contribution in [0.5, 0.6) is 5.75 Å². The predicted octanol–water partition coefficient (Wildman–Crippen LogP) is 3.90. The van der Waals surface area contributed by atoms with E-state index in [2.05, 4.69) is 4.98 Å². The van der Waals surface area contributed by atoms with Crippen LogP contribution in [0.4, 0.5) is 0 Å². The first-order chi connectivity index (χ1) is 10.5. The van der Waals surface area contributed by atoms with E-state index < -0.39 is 0 Å². The summed E-state index contributed by atoms with van der Waals surface area (Å²) in [7, 11) is 0. The van der Waals surface area contributed by atoms with Crippen LogP contribution in [0.15, 0.2) is 47.3 Å². The summed E-state index contributed by atoms with van der Waals surface area (Å²) in [5, 5.41) is 1.63. The van der Waals surface area contributed by atoms with Crippen LogP contribution in [0.2, 0.25) is 5.02 Å². The van der Waals surface area contributed by atoms with E-state index in [0.29, 0.717) is 21.2 Å². The Morgan fingerprint density at radius 3 is 2.59 bits per heavy atom. The van der Waals surface area contributed by atoms with Gasteiger partial charge >= 0.3 is 5.97 Å². The molecule has 110 valence electrons. The summed E-state index contributed by atoms with van der Waals surface area (Å²) < 4.78 is 5.80. The van der Waals surface area contributed by atoms with Crippen molar-refractivity contribution in [1.82, 2.24) is 4.98 Å². The van der Waals surface area contributed by atoms with Crippen molar-refractivity contribution in [3.05, 3.63) is 57.8 Å². The average molecular weight is 332 g/mol. The Kier molecular flexibility index (Phi) is 3.92. The fraction of sp³-hybridized carbons (Fsp3) is 0.0625. The van der Waals surface area contributed by atoms with Gasteiger partial charge in [0.15, 0.2) is 0 Å². The van der Waals surface area contributed by atoms with Gasteiger partial charge in [0.25, 0.3) is 5.56 Å². The molecule has 6 heteroatoms. The molecular formula is C16H10ClNO3S. The molecule has 0 atom stereocenters. The van der Waals surface area contributed by atoms with Crippen molar-refractivity contribution in [2.45, 2.75) is 6.92 Å². The number of fused-ring (bicyclic) bond motifs is 1. The Morgan fingerprint density at radius 1 is 1.18 bits per heavy atom. The van der Waals surface area contributed by atoms with Gasteiger partial charge < -0.3 is 4.74 Å². The van der Waals surface area contributed by atoms with Crippen molar-refractivity contribution in [3.63, 3.8) is 0 Å². The lowest BCUT2D eigenvalue weighted by molar-refractivity contribution is -0.131. The third kappa shape index (κ3) is 3.00. The normalized spacial score (nSPS) is 10.6. The van der Waals surface area contributed by atoms with Crippen molar-refractivity contribution in [2.75, 3.05) is 0 Å². The van der Waals surface area contributed by atoms with Crippen LogP contribution < -0.4 is 10.3 Å². The third-order valence-corrected chi connectivity index (χ3v) is 4.28. The summed E-state index contributed by atoms with van der Waals surface area (Å²) in [6, 6.07) is 12.0. The minimum atomic E-state index is -0.377. The molecule has 0 fully saturated rings. The van der Waals surface area contributed by atoms with E-state index in [-0.39, 0.29) is 11.5 Å². The summed E-state index contributed by atoms with van der Waals surface area (Å²) in [6.45, 7) is 1.34. The lowest BCUT2D eigenvalue weighted by Crippen LogP contribution is -2.06. The number of hydrogen-bond donors (Lipinski definition) is 0. The number of carbonyl (C=O) groups excluding carboxylic acids is 1. The maximum absolute atomic E-state index is 12.1. The van der Waals surface area contributed by atoms with E-state index in [9.17, 15) is 9.59 Å². The Bertz CT molecular complexity index is 919. The van der Waals surface area contributed by atoms with Crippen LogP contribution >= 0.6 is 22.9 Å². The molecule has 1 aromatic heterocycles. The van der Waals surface area contributed by atoms with Gasteiger partial charge in [-0.2, -0.15) is 4.98 Å². The number of carbonyl (C=O) groups is 1. The Labute approximate surface area is 135 Å². The molecule has 3 rings (SSSR count). The number of esters is 1. The minimum Gasteiger partial charge on any atom is -0.427 e. The number of nitrogens with zero attached hydrogens (tertiary/aromatic N) is 1. The second-order valence-corrected chi connectivity index (χ2v) is 6.05. The molecule has 0 aliphatic carbocycles. The largest absolute Gasteiger partial charge is 0.427 e. The molecule has 0 N–H and O–H groups in total. The van der Waals surface area contributed by atoms with Gasteiger partial charge in [0.2, 0.25) is 0 Å². The maximum Gasteiger partial charge on any atom is 0.308 e. The first-order valence-electron chi connectivity index (χ1n) is 6.42. The molecule has 0 unspecified atom stereocenters. The molecular weight excluding hydrogens is 322 g/mol. The van der Waals surface area contributed by atoms with Crippen LogP contribution in [0.3, 0.4) is 0 Å². The SMILES string of the molecule is CC(=O)Oc1ccc(-c2nc(=O)c3cc(Cl)ccc3s2)cc1. The minimum absolute atomic E-state index is 0.310. The molecule has 0 amide bonds. The third-order valence-electron chi connectivity index (χ3n) is 2.94. The predicted molar refractivity (Wildman–Crippen MR) is 87.6 cm³/mol. The monoisotopic (exact) mass is 331 g/mol. The lowest BCUT2D eigenvalue weighted by Gasteiger charge is -2.04. The van der Waals surface area contributed by atoms with E-state index in [1.54, 1.807) is 36.4 Å². The van der Waals surface area contributed by atoms with Crippen molar-refractivity contribution in [3.8, 4) is 16.3 Å². The summed E-state index contributed by atoms with van der Waals surface area (Å²) >= 11 is 7.31. The Balaban J connectivity index is 2.05. The first kappa shape index (κ1) is 14.7. The van der Waals surface area contributed by atoms with E-state index in [4.69, 9.17) is 16.3 Å². The van der Waals surface area contributed by atoms with Gasteiger partial charge in [-0.15, -0.1) is 11.3 Å². The number of aromatic nitrogens is 1. The zero-order valence-corrected chi connectivity index (χ0v) is 13.1. The van der Waals surface area contributed by atoms with Crippen LogP contribution in [0.25, 0.3) is 20.7 Å². The van der Waals surface area contributed by atoms with Gasteiger partial charge in [0.1, 0.15) is 10.8 Å². The molecule has 0 saturated carbocycles. The number of benzene rings is 2. The Morgan fingerprint density at radius 2 is 1.91 bits per heavy atom. The Hall–Kier alpha value is -2.24. The highest BCUT2D eigenvalue weighted by atomic mass is 35.5. The molecule has 0 aliphatic heterocycles. The van der Waals surface area contributed by atoms with Crippen LogP contribution in [-0.4, -0.2) is 11.0 Å². The summed E-state index contributed by atoms with van der Waals surface area (Å²) in [6.07, 6.45) is 0. The van der Waals surface area contributed by atoms with Gasteiger partial charge in [-0.25, -0.2) is 0 Å². The summed E-state index contributed by atoms with van der Waals surface area (Å²) in [5.74, 6) is 0.0780. The van der Waals surface area contributed by atoms with Crippen molar-refractivity contribution in [2.24, 2.45) is 0 Å². The highest BCUT2D eigenvalue weighted by molar-refractivity contribution is 7.21.